The van der Waals surface area contributed by atoms with Gasteiger partial charge in [0, 0.05) is 26.2 Å². The van der Waals surface area contributed by atoms with E-state index < -0.39 is 4.92 Å². The van der Waals surface area contributed by atoms with Crippen LogP contribution in [0.1, 0.15) is 11.6 Å². The number of nitrogens with zero attached hydrogens (tertiary/aromatic N) is 2. The third kappa shape index (κ3) is 4.73. The summed E-state index contributed by atoms with van der Waals surface area (Å²) >= 11 is 0. The Kier molecular flexibility index (Phi) is 9.69. The van der Waals surface area contributed by atoms with Crippen molar-refractivity contribution in [3.8, 4) is 11.5 Å². The van der Waals surface area contributed by atoms with E-state index in [1.54, 1.807) is 12.1 Å². The van der Waals surface area contributed by atoms with Gasteiger partial charge in [0.25, 0.3) is 5.69 Å². The summed E-state index contributed by atoms with van der Waals surface area (Å²) in [6.07, 6.45) is 1.74. The van der Waals surface area contributed by atoms with Crippen LogP contribution in [0, 0.1) is 10.1 Å². The van der Waals surface area contributed by atoms with Gasteiger partial charge >= 0.3 is 0 Å². The van der Waals surface area contributed by atoms with Gasteiger partial charge in [-0.3, -0.25) is 15.0 Å². The highest BCUT2D eigenvalue weighted by Gasteiger charge is 2.28. The largest absolute Gasteiger partial charge is 0.493 e. The lowest BCUT2D eigenvalue weighted by Crippen LogP contribution is -2.44. The summed E-state index contributed by atoms with van der Waals surface area (Å²) < 4.78 is 10.4. The number of nitro benzene ring substituents is 1. The fraction of sp³-hybridized carbons (Fsp3) is 0.467. The summed E-state index contributed by atoms with van der Waals surface area (Å²) in [6.45, 7) is 7.18. The first-order valence-corrected chi connectivity index (χ1v) is 7.10. The van der Waals surface area contributed by atoms with Gasteiger partial charge in [-0.05, 0) is 6.07 Å². The molecule has 0 amide bonds. The van der Waals surface area contributed by atoms with E-state index in [4.69, 9.17) is 9.47 Å². The van der Waals surface area contributed by atoms with Gasteiger partial charge in [0.2, 0.25) is 0 Å². The fourth-order valence-electron chi connectivity index (χ4n) is 2.71. The van der Waals surface area contributed by atoms with Gasteiger partial charge in [-0.15, -0.1) is 31.4 Å². The molecular formula is C15H23Cl2N3O4. The maximum atomic E-state index is 11.4. The third-order valence-corrected chi connectivity index (χ3v) is 3.82. The SMILES string of the molecule is C=C[C@H](c1cc(OC)c(OC)cc1[N+](=O)[O-])N1CCNCC1.Cl.Cl. The monoisotopic (exact) mass is 379 g/mol. The van der Waals surface area contributed by atoms with E-state index in [0.717, 1.165) is 26.2 Å². The minimum absolute atomic E-state index is 0. The van der Waals surface area contributed by atoms with E-state index >= 15 is 0 Å². The van der Waals surface area contributed by atoms with Crippen molar-refractivity contribution in [3.05, 3.63) is 40.5 Å². The Hall–Kier alpha value is -1.54. The van der Waals surface area contributed by atoms with Crippen LogP contribution in [0.2, 0.25) is 0 Å². The molecule has 0 saturated carbocycles. The number of piperazine rings is 1. The molecule has 1 aliphatic rings. The number of methoxy groups -OCH3 is 2. The first kappa shape index (κ1) is 22.5. The van der Waals surface area contributed by atoms with E-state index in [9.17, 15) is 10.1 Å². The number of nitro groups is 1. The van der Waals surface area contributed by atoms with Crippen molar-refractivity contribution < 1.29 is 14.4 Å². The molecule has 1 N–H and O–H groups in total. The molecule has 136 valence electrons. The van der Waals surface area contributed by atoms with Crippen LogP contribution in [-0.4, -0.2) is 50.2 Å². The van der Waals surface area contributed by atoms with Crippen LogP contribution in [-0.2, 0) is 0 Å². The minimum atomic E-state index is -0.393. The summed E-state index contributed by atoms with van der Waals surface area (Å²) in [7, 11) is 2.98. The van der Waals surface area contributed by atoms with Crippen LogP contribution >= 0.6 is 24.8 Å². The second-order valence-corrected chi connectivity index (χ2v) is 4.99. The molecule has 0 bridgehead atoms. The normalized spacial score (nSPS) is 15.4. The molecular weight excluding hydrogens is 357 g/mol. The molecule has 2 rings (SSSR count). The van der Waals surface area contributed by atoms with Gasteiger partial charge in [-0.2, -0.15) is 0 Å². The Balaban J connectivity index is 0.00000264. The summed E-state index contributed by atoms with van der Waals surface area (Å²) in [4.78, 5) is 13.2. The van der Waals surface area contributed by atoms with E-state index in [-0.39, 0.29) is 36.5 Å². The van der Waals surface area contributed by atoms with Gasteiger partial charge < -0.3 is 14.8 Å². The zero-order valence-corrected chi connectivity index (χ0v) is 15.3. The summed E-state index contributed by atoms with van der Waals surface area (Å²) in [5.41, 5.74) is 0.584. The predicted octanol–water partition coefficient (Wildman–Crippen LogP) is 2.59. The number of rotatable bonds is 6. The van der Waals surface area contributed by atoms with Crippen molar-refractivity contribution in [1.82, 2.24) is 10.2 Å². The molecule has 1 saturated heterocycles. The molecule has 9 heteroatoms. The van der Waals surface area contributed by atoms with E-state index in [2.05, 4.69) is 16.8 Å². The zero-order valence-electron chi connectivity index (χ0n) is 13.7. The molecule has 0 spiro atoms. The lowest BCUT2D eigenvalue weighted by atomic mass is 10.0. The zero-order chi connectivity index (χ0) is 16.1. The smallest absolute Gasteiger partial charge is 0.278 e. The molecule has 24 heavy (non-hydrogen) atoms. The van der Waals surface area contributed by atoms with Crippen LogP contribution in [0.4, 0.5) is 5.69 Å². The topological polar surface area (TPSA) is 76.9 Å². The maximum Gasteiger partial charge on any atom is 0.278 e. The highest BCUT2D eigenvalue weighted by Crippen LogP contribution is 2.39. The molecule has 1 aliphatic heterocycles. The Labute approximate surface area is 154 Å². The second kappa shape index (κ2) is 10.4. The molecule has 1 atom stereocenters. The number of halogens is 2. The Morgan fingerprint density at radius 2 is 1.79 bits per heavy atom. The molecule has 1 aromatic rings. The Morgan fingerprint density at radius 3 is 2.25 bits per heavy atom. The minimum Gasteiger partial charge on any atom is -0.493 e. The summed E-state index contributed by atoms with van der Waals surface area (Å²) in [6, 6.07) is 2.85. The van der Waals surface area contributed by atoms with Crippen LogP contribution in [0.15, 0.2) is 24.8 Å². The van der Waals surface area contributed by atoms with Crippen LogP contribution in [0.25, 0.3) is 0 Å². The molecule has 0 aromatic heterocycles. The molecule has 0 aliphatic carbocycles. The average molecular weight is 380 g/mol. The van der Waals surface area contributed by atoms with Crippen LogP contribution in [0.5, 0.6) is 11.5 Å². The maximum absolute atomic E-state index is 11.4. The standard InChI is InChI=1S/C15H21N3O4.2ClH/c1-4-12(17-7-5-16-6-8-17)11-9-14(21-2)15(22-3)10-13(11)18(19)20;;/h4,9-10,12,16H,1,5-8H2,2-3H3;2*1H/t12-;;/m1../s1. The van der Waals surface area contributed by atoms with Gasteiger partial charge in [-0.25, -0.2) is 0 Å². The molecule has 0 radical (unpaired) electrons. The third-order valence-electron chi connectivity index (χ3n) is 3.82. The number of nitrogens with one attached hydrogen (secondary N) is 1. The lowest BCUT2D eigenvalue weighted by molar-refractivity contribution is -0.386. The van der Waals surface area contributed by atoms with Gasteiger partial charge in [-0.1, -0.05) is 6.08 Å². The van der Waals surface area contributed by atoms with Crippen molar-refractivity contribution in [1.29, 1.82) is 0 Å². The molecule has 0 unspecified atom stereocenters. The van der Waals surface area contributed by atoms with Crippen LogP contribution in [0.3, 0.4) is 0 Å². The number of hydrogen-bond donors (Lipinski definition) is 1. The van der Waals surface area contributed by atoms with E-state index in [1.165, 1.54) is 20.3 Å². The average Bonchev–Trinajstić information content (AvgIpc) is 2.55. The highest BCUT2D eigenvalue weighted by atomic mass is 35.5. The van der Waals surface area contributed by atoms with Gasteiger partial charge in [0.1, 0.15) is 0 Å². The number of benzene rings is 1. The van der Waals surface area contributed by atoms with Crippen molar-refractivity contribution in [3.63, 3.8) is 0 Å². The predicted molar refractivity (Wildman–Crippen MR) is 98.1 cm³/mol. The quantitative estimate of drug-likeness (QED) is 0.465. The van der Waals surface area contributed by atoms with E-state index in [1.807, 2.05) is 0 Å². The molecule has 7 nitrogen and oxygen atoms in total. The lowest BCUT2D eigenvalue weighted by Gasteiger charge is -2.33. The molecule has 1 heterocycles. The molecule has 1 fully saturated rings. The number of ether oxygens (including phenoxy) is 2. The van der Waals surface area contributed by atoms with E-state index in [0.29, 0.717) is 17.1 Å². The van der Waals surface area contributed by atoms with Crippen molar-refractivity contribution in [2.45, 2.75) is 6.04 Å². The van der Waals surface area contributed by atoms with Crippen molar-refractivity contribution >= 4 is 30.5 Å². The van der Waals surface area contributed by atoms with Crippen LogP contribution < -0.4 is 14.8 Å². The van der Waals surface area contributed by atoms with Crippen molar-refractivity contribution in [2.24, 2.45) is 0 Å². The highest BCUT2D eigenvalue weighted by molar-refractivity contribution is 5.85. The first-order chi connectivity index (χ1) is 10.6. The first-order valence-electron chi connectivity index (χ1n) is 7.10. The van der Waals surface area contributed by atoms with Gasteiger partial charge in [0.05, 0.1) is 36.8 Å². The Morgan fingerprint density at radius 1 is 1.25 bits per heavy atom. The fourth-order valence-corrected chi connectivity index (χ4v) is 2.71. The summed E-state index contributed by atoms with van der Waals surface area (Å²) in [5.74, 6) is 0.825. The Bertz CT molecular complexity index is 566. The van der Waals surface area contributed by atoms with Gasteiger partial charge in [0.15, 0.2) is 11.5 Å². The number of hydrogen-bond acceptors (Lipinski definition) is 6. The molecule has 1 aromatic carbocycles. The summed E-state index contributed by atoms with van der Waals surface area (Å²) in [5, 5.41) is 14.7. The second-order valence-electron chi connectivity index (χ2n) is 4.99. The van der Waals surface area contributed by atoms with Crippen molar-refractivity contribution in [2.75, 3.05) is 40.4 Å².